The van der Waals surface area contributed by atoms with Crippen LogP contribution in [0.25, 0.3) is 0 Å². The maximum Gasteiger partial charge on any atom is 0.345 e. The Labute approximate surface area is 157 Å². The van der Waals surface area contributed by atoms with Gasteiger partial charge in [-0.05, 0) is 31.7 Å². The zero-order chi connectivity index (χ0) is 19.2. The molecule has 146 valence electrons. The Morgan fingerprint density at radius 1 is 1.11 bits per heavy atom. The molecule has 3 heterocycles. The Hall–Kier alpha value is -2.71. The van der Waals surface area contributed by atoms with Crippen molar-refractivity contribution in [2.24, 2.45) is 0 Å². The van der Waals surface area contributed by atoms with Gasteiger partial charge in [-0.25, -0.2) is 14.2 Å². The van der Waals surface area contributed by atoms with Crippen LogP contribution in [0.2, 0.25) is 0 Å². The molecule has 0 atom stereocenters. The van der Waals surface area contributed by atoms with Gasteiger partial charge in [0.15, 0.2) is 0 Å². The number of nitrogens with zero attached hydrogens (tertiary/aromatic N) is 5. The molecule has 0 unspecified atom stereocenters. The Bertz CT molecular complexity index is 911. The van der Waals surface area contributed by atoms with Gasteiger partial charge in [0.25, 0.3) is 11.5 Å². The highest BCUT2D eigenvalue weighted by Crippen LogP contribution is 2.09. The van der Waals surface area contributed by atoms with E-state index in [-0.39, 0.29) is 22.9 Å². The van der Waals surface area contributed by atoms with Gasteiger partial charge in [-0.3, -0.25) is 14.2 Å². The van der Waals surface area contributed by atoms with Crippen molar-refractivity contribution in [3.63, 3.8) is 0 Å². The van der Waals surface area contributed by atoms with Crippen LogP contribution in [0.4, 0.5) is 0 Å². The van der Waals surface area contributed by atoms with Gasteiger partial charge in [0.2, 0.25) is 0 Å². The Balaban J connectivity index is 1.52. The molecule has 9 nitrogen and oxygen atoms in total. The van der Waals surface area contributed by atoms with Crippen LogP contribution in [0, 0.1) is 0 Å². The van der Waals surface area contributed by atoms with Crippen molar-refractivity contribution in [2.75, 3.05) is 6.54 Å². The van der Waals surface area contributed by atoms with Crippen LogP contribution in [-0.4, -0.2) is 36.6 Å². The lowest BCUT2D eigenvalue weighted by atomic mass is 10.2. The van der Waals surface area contributed by atoms with Crippen LogP contribution in [0.15, 0.2) is 21.7 Å². The fraction of sp³-hybridized carbons (Fsp3) is 0.611. The zero-order valence-electron chi connectivity index (χ0n) is 15.7. The summed E-state index contributed by atoms with van der Waals surface area (Å²) in [5.41, 5.74) is -0.0517. The quantitative estimate of drug-likeness (QED) is 0.680. The van der Waals surface area contributed by atoms with Gasteiger partial charge in [0.05, 0.1) is 0 Å². The molecule has 0 radical (unpaired) electrons. The van der Waals surface area contributed by atoms with Crippen LogP contribution in [0.5, 0.6) is 0 Å². The smallest absolute Gasteiger partial charge is 0.345 e. The van der Waals surface area contributed by atoms with E-state index in [0.717, 1.165) is 44.5 Å². The van der Waals surface area contributed by atoms with Gasteiger partial charge in [-0.1, -0.05) is 13.3 Å². The number of amides is 1. The first-order chi connectivity index (χ1) is 13.1. The van der Waals surface area contributed by atoms with E-state index < -0.39 is 0 Å². The maximum atomic E-state index is 12.3. The average molecular weight is 374 g/mol. The Morgan fingerprint density at radius 2 is 1.93 bits per heavy atom. The number of fused-ring (bicyclic) bond motifs is 1. The van der Waals surface area contributed by atoms with E-state index in [1.54, 1.807) is 4.57 Å². The third-order valence-electron chi connectivity index (χ3n) is 4.69. The molecule has 3 rings (SSSR count). The minimum absolute atomic E-state index is 0.0688. The predicted octanol–water partition coefficient (Wildman–Crippen LogP) is 0.558. The summed E-state index contributed by atoms with van der Waals surface area (Å²) in [5, 5.41) is 11.3. The minimum Gasteiger partial charge on any atom is -0.351 e. The molecule has 0 aromatic carbocycles. The summed E-state index contributed by atoms with van der Waals surface area (Å²) in [4.78, 5) is 36.3. The summed E-state index contributed by atoms with van der Waals surface area (Å²) in [5.74, 6) is 0.533. The Kier molecular flexibility index (Phi) is 6.20. The second kappa shape index (κ2) is 8.79. The highest BCUT2D eigenvalue weighted by atomic mass is 16.2. The van der Waals surface area contributed by atoms with Crippen molar-refractivity contribution in [2.45, 2.75) is 65.1 Å². The lowest BCUT2D eigenvalue weighted by Gasteiger charge is -2.09. The van der Waals surface area contributed by atoms with Gasteiger partial charge in [-0.2, -0.15) is 10.2 Å². The second-order valence-corrected chi connectivity index (χ2v) is 6.77. The van der Waals surface area contributed by atoms with Crippen molar-refractivity contribution in [1.29, 1.82) is 0 Å². The lowest BCUT2D eigenvalue weighted by Crippen LogP contribution is -2.31. The van der Waals surface area contributed by atoms with Gasteiger partial charge in [-0.15, -0.1) is 0 Å². The summed E-state index contributed by atoms with van der Waals surface area (Å²) in [6.45, 7) is 4.14. The van der Waals surface area contributed by atoms with Gasteiger partial charge in [0, 0.05) is 38.7 Å². The van der Waals surface area contributed by atoms with E-state index in [9.17, 15) is 14.4 Å². The number of unbranched alkanes of at least 4 members (excludes halogenated alkanes) is 1. The summed E-state index contributed by atoms with van der Waals surface area (Å²) >= 11 is 0. The topological polar surface area (TPSA) is 104 Å². The highest BCUT2D eigenvalue weighted by molar-refractivity contribution is 5.91. The van der Waals surface area contributed by atoms with E-state index >= 15 is 0 Å². The third-order valence-corrected chi connectivity index (χ3v) is 4.69. The molecule has 1 aliphatic rings. The zero-order valence-corrected chi connectivity index (χ0v) is 15.7. The maximum absolute atomic E-state index is 12.3. The molecule has 27 heavy (non-hydrogen) atoms. The Morgan fingerprint density at radius 3 is 2.70 bits per heavy atom. The molecule has 1 amide bonds. The van der Waals surface area contributed by atoms with Crippen LogP contribution in [-0.2, 0) is 26.1 Å². The molecule has 0 spiro atoms. The fourth-order valence-electron chi connectivity index (χ4n) is 3.15. The molecule has 2 aromatic heterocycles. The molecular formula is C18H26N6O3. The van der Waals surface area contributed by atoms with Gasteiger partial charge < -0.3 is 5.32 Å². The molecule has 0 bridgehead atoms. The van der Waals surface area contributed by atoms with Crippen molar-refractivity contribution in [3.8, 4) is 0 Å². The van der Waals surface area contributed by atoms with E-state index in [4.69, 9.17) is 0 Å². The van der Waals surface area contributed by atoms with Crippen molar-refractivity contribution in [3.05, 3.63) is 44.5 Å². The van der Waals surface area contributed by atoms with Crippen LogP contribution < -0.4 is 16.6 Å². The molecule has 9 heteroatoms. The van der Waals surface area contributed by atoms with E-state index in [1.807, 2.05) is 6.92 Å². The molecule has 0 saturated carbocycles. The van der Waals surface area contributed by atoms with Gasteiger partial charge >= 0.3 is 5.69 Å². The minimum atomic E-state index is -0.322. The number of nitrogens with one attached hydrogen (secondary N) is 1. The van der Waals surface area contributed by atoms with Crippen LogP contribution in [0.3, 0.4) is 0 Å². The fourth-order valence-corrected chi connectivity index (χ4v) is 3.15. The first-order valence-corrected chi connectivity index (χ1v) is 9.63. The van der Waals surface area contributed by atoms with Crippen molar-refractivity contribution < 1.29 is 4.79 Å². The number of rotatable bonds is 8. The SMILES string of the molecule is CCCCn1nc(C(=O)NCCCn2nc3n(c2=O)CCCC3)ccc1=O. The van der Waals surface area contributed by atoms with Crippen molar-refractivity contribution >= 4 is 5.91 Å². The van der Waals surface area contributed by atoms with Crippen molar-refractivity contribution in [1.82, 2.24) is 29.4 Å². The number of aryl methyl sites for hydroxylation is 3. The summed E-state index contributed by atoms with van der Waals surface area (Å²) in [6, 6.07) is 2.81. The predicted molar refractivity (Wildman–Crippen MR) is 99.8 cm³/mol. The number of hydrogen-bond donors (Lipinski definition) is 1. The first-order valence-electron chi connectivity index (χ1n) is 9.63. The van der Waals surface area contributed by atoms with E-state index in [1.165, 1.54) is 21.5 Å². The molecule has 0 fully saturated rings. The molecule has 2 aromatic rings. The number of aromatic nitrogens is 5. The molecular weight excluding hydrogens is 348 g/mol. The molecule has 0 aliphatic carbocycles. The van der Waals surface area contributed by atoms with Crippen LogP contribution in [0.1, 0.15) is 55.3 Å². The normalized spacial score (nSPS) is 13.4. The summed E-state index contributed by atoms with van der Waals surface area (Å²) in [6.07, 6.45) is 5.31. The molecule has 1 N–H and O–H groups in total. The summed E-state index contributed by atoms with van der Waals surface area (Å²) < 4.78 is 4.55. The van der Waals surface area contributed by atoms with E-state index in [2.05, 4.69) is 15.5 Å². The highest BCUT2D eigenvalue weighted by Gasteiger charge is 2.16. The number of carbonyl (C=O) groups is 1. The average Bonchev–Trinajstić information content (AvgIpc) is 3.00. The standard InChI is InChI=1S/C18H26N6O3/c1-2-3-12-23-16(25)9-8-14(20-23)17(26)19-10-6-13-24-18(27)22-11-5-4-7-15(22)21-24/h8-9H,2-7,10-13H2,1H3,(H,19,26). The van der Waals surface area contributed by atoms with Crippen LogP contribution >= 0.6 is 0 Å². The molecule has 1 aliphatic heterocycles. The lowest BCUT2D eigenvalue weighted by molar-refractivity contribution is 0.0945. The van der Waals surface area contributed by atoms with E-state index in [0.29, 0.717) is 26.1 Å². The second-order valence-electron chi connectivity index (χ2n) is 6.77. The monoisotopic (exact) mass is 374 g/mol. The summed E-state index contributed by atoms with van der Waals surface area (Å²) in [7, 11) is 0. The number of hydrogen-bond acceptors (Lipinski definition) is 5. The van der Waals surface area contributed by atoms with Gasteiger partial charge in [0.1, 0.15) is 11.5 Å². The largest absolute Gasteiger partial charge is 0.351 e. The molecule has 0 saturated heterocycles. The third kappa shape index (κ3) is 4.53. The first kappa shape index (κ1) is 19.1. The number of carbonyl (C=O) groups excluding carboxylic acids is 1.